The van der Waals surface area contributed by atoms with Crippen LogP contribution in [0.4, 0.5) is 0 Å². The zero-order chi connectivity index (χ0) is 9.50. The summed E-state index contributed by atoms with van der Waals surface area (Å²) in [6.07, 6.45) is 0. The average Bonchev–Trinajstić information content (AvgIpc) is 1.58. The molecule has 0 aromatic rings. The first-order valence-electron chi connectivity index (χ1n) is 4.04. The summed E-state index contributed by atoms with van der Waals surface area (Å²) >= 11 is 0. The van der Waals surface area contributed by atoms with Gasteiger partial charge in [0.2, 0.25) is 0 Å². The lowest BCUT2D eigenvalue weighted by molar-refractivity contribution is -0.870. The molecule has 0 aliphatic rings. The number of likely N-dealkylation sites (N-methyl/N-ethyl adjacent to an activating group) is 1. The summed E-state index contributed by atoms with van der Waals surface area (Å²) < 4.78 is 27.8. The van der Waals surface area contributed by atoms with E-state index in [1.807, 2.05) is 0 Å². The Morgan fingerprint density at radius 1 is 1.50 bits per heavy atom. The second kappa shape index (κ2) is 4.13. The smallest absolute Gasteiger partial charge is 0.101 e. The van der Waals surface area contributed by atoms with Gasteiger partial charge in [0, 0.05) is 0 Å². The molecule has 0 radical (unpaired) electrons. The third kappa shape index (κ3) is 9.51. The first-order chi connectivity index (χ1) is 4.50. The fourth-order valence-electron chi connectivity index (χ4n) is 0.150. The van der Waals surface area contributed by atoms with Crippen LogP contribution in [0.25, 0.3) is 0 Å². The van der Waals surface area contributed by atoms with Crippen molar-refractivity contribution in [2.45, 2.75) is 0 Å². The molecule has 0 rings (SSSR count). The highest BCUT2D eigenvalue weighted by Gasteiger charge is 2.02. The minimum atomic E-state index is -2.81. The van der Waals surface area contributed by atoms with Gasteiger partial charge in [-0.3, -0.25) is 0 Å². The lowest BCUT2D eigenvalue weighted by Gasteiger charge is -2.21. The SMILES string of the molecule is [2H]C([2H])(O)[13C]([2H])([2H])[N+](C)(C)C.[Cl-]. The van der Waals surface area contributed by atoms with Crippen LogP contribution >= 0.6 is 0 Å². The van der Waals surface area contributed by atoms with Crippen LogP contribution < -0.4 is 12.4 Å². The van der Waals surface area contributed by atoms with E-state index in [9.17, 15) is 0 Å². The van der Waals surface area contributed by atoms with Crippen molar-refractivity contribution in [1.29, 1.82) is 0 Å². The standard InChI is InChI=1S/C5H14NO.ClH/c1-6(2,3)4-5-7;/h7H,4-5H2,1-3H3;1H/q+1;/p-1/i4+1D2,5D2;. The lowest BCUT2D eigenvalue weighted by atomic mass is 10.8. The van der Waals surface area contributed by atoms with Gasteiger partial charge in [-0.1, -0.05) is 0 Å². The topological polar surface area (TPSA) is 20.2 Å². The second-order valence-electron chi connectivity index (χ2n) is 2.24. The predicted molar refractivity (Wildman–Crippen MR) is 30.0 cm³/mol. The minimum absolute atomic E-state index is 0. The van der Waals surface area contributed by atoms with Gasteiger partial charge in [-0.05, 0) is 0 Å². The Balaban J connectivity index is 0. The van der Waals surface area contributed by atoms with Crippen molar-refractivity contribution in [3.8, 4) is 0 Å². The third-order valence-electron chi connectivity index (χ3n) is 0.385. The molecule has 0 unspecified atom stereocenters. The summed E-state index contributed by atoms with van der Waals surface area (Å²) in [4.78, 5) is 0. The first-order valence-corrected chi connectivity index (χ1v) is 2.04. The van der Waals surface area contributed by atoms with Gasteiger partial charge >= 0.3 is 0 Å². The van der Waals surface area contributed by atoms with E-state index < -0.39 is 13.1 Å². The molecule has 0 spiro atoms. The molecule has 1 N–H and O–H groups in total. The van der Waals surface area contributed by atoms with E-state index >= 15 is 0 Å². The van der Waals surface area contributed by atoms with Gasteiger partial charge in [-0.25, -0.2) is 0 Å². The van der Waals surface area contributed by atoms with Crippen molar-refractivity contribution >= 4 is 0 Å². The molecule has 0 heterocycles. The molecule has 0 saturated carbocycles. The van der Waals surface area contributed by atoms with E-state index in [0.717, 1.165) is 0 Å². The number of hydrogen-bond donors (Lipinski definition) is 1. The van der Waals surface area contributed by atoms with Crippen molar-refractivity contribution in [2.24, 2.45) is 0 Å². The van der Waals surface area contributed by atoms with Gasteiger partial charge in [0.05, 0.1) is 33.2 Å². The van der Waals surface area contributed by atoms with Crippen LogP contribution in [0.1, 0.15) is 5.48 Å². The maximum absolute atomic E-state index is 8.82. The summed E-state index contributed by atoms with van der Waals surface area (Å²) in [7, 11) is 4.44. The van der Waals surface area contributed by atoms with Gasteiger partial charge in [0.15, 0.2) is 0 Å². The largest absolute Gasteiger partial charge is 1.00 e. The molecule has 0 saturated heterocycles. The Labute approximate surface area is 62.7 Å². The highest BCUT2D eigenvalue weighted by atomic mass is 35.5. The number of quaternary nitrogens is 1. The zero-order valence-electron chi connectivity index (χ0n) is 9.27. The molecule has 8 heavy (non-hydrogen) atoms. The van der Waals surface area contributed by atoms with Gasteiger partial charge in [0.1, 0.15) is 6.50 Å². The lowest BCUT2D eigenvalue weighted by Crippen LogP contribution is -3.00. The number of nitrogens with zero attached hydrogens (tertiary/aromatic N) is 1. The molecule has 52 valence electrons. The fraction of sp³-hybridized carbons (Fsp3) is 1.00. The van der Waals surface area contributed by atoms with Crippen LogP contribution in [0.3, 0.4) is 0 Å². The summed E-state index contributed by atoms with van der Waals surface area (Å²) in [5.74, 6) is 0. The van der Waals surface area contributed by atoms with Crippen LogP contribution in [-0.2, 0) is 0 Å². The highest BCUT2D eigenvalue weighted by Crippen LogP contribution is 1.84. The molecule has 0 aliphatic carbocycles. The molecule has 0 aromatic heterocycles. The Hall–Kier alpha value is 0.210. The van der Waals surface area contributed by atoms with Crippen LogP contribution in [0.5, 0.6) is 0 Å². The van der Waals surface area contributed by atoms with Gasteiger partial charge in [-0.2, -0.15) is 0 Å². The molecule has 0 atom stereocenters. The van der Waals surface area contributed by atoms with Gasteiger partial charge in [0.25, 0.3) is 0 Å². The number of halogens is 1. The van der Waals surface area contributed by atoms with Crippen LogP contribution in [0.2, 0.25) is 0 Å². The van der Waals surface area contributed by atoms with Crippen LogP contribution in [0.15, 0.2) is 0 Å². The molecule has 0 fully saturated rings. The molecule has 0 aromatic carbocycles. The highest BCUT2D eigenvalue weighted by molar-refractivity contribution is 4.19. The summed E-state index contributed by atoms with van der Waals surface area (Å²) in [5, 5.41) is 8.82. The summed E-state index contributed by atoms with van der Waals surface area (Å²) in [6, 6.07) is 0. The predicted octanol–water partition coefficient (Wildman–Crippen LogP) is -3.31. The molecule has 2 nitrogen and oxygen atoms in total. The zero-order valence-corrected chi connectivity index (χ0v) is 6.03. The van der Waals surface area contributed by atoms with E-state index in [2.05, 4.69) is 0 Å². The Morgan fingerprint density at radius 2 is 1.88 bits per heavy atom. The Bertz CT molecular complexity index is 135. The second-order valence-corrected chi connectivity index (χ2v) is 2.24. The molecule has 0 amide bonds. The quantitative estimate of drug-likeness (QED) is 0.318. The molecule has 0 aliphatic heterocycles. The monoisotopic (exact) mass is 144 g/mol. The number of hydrogen-bond acceptors (Lipinski definition) is 1. The fourth-order valence-corrected chi connectivity index (χ4v) is 0.150. The molecule has 0 bridgehead atoms. The third-order valence-corrected chi connectivity index (χ3v) is 0.385. The molecular formula is C5H14ClNO. The van der Waals surface area contributed by atoms with Crippen LogP contribution in [0, 0.1) is 0 Å². The van der Waals surface area contributed by atoms with E-state index in [1.54, 1.807) is 0 Å². The van der Waals surface area contributed by atoms with Crippen molar-refractivity contribution in [1.82, 2.24) is 0 Å². The molecule has 3 heteroatoms. The normalized spacial score (nSPS) is 21.5. The maximum atomic E-state index is 8.82. The van der Waals surface area contributed by atoms with Gasteiger partial charge in [-0.15, -0.1) is 0 Å². The van der Waals surface area contributed by atoms with E-state index in [0.29, 0.717) is 0 Å². The van der Waals surface area contributed by atoms with Crippen LogP contribution in [-0.4, -0.2) is 43.8 Å². The number of rotatable bonds is 2. The van der Waals surface area contributed by atoms with Crippen molar-refractivity contribution in [3.63, 3.8) is 0 Å². The van der Waals surface area contributed by atoms with Crippen molar-refractivity contribution in [2.75, 3.05) is 34.2 Å². The summed E-state index contributed by atoms with van der Waals surface area (Å²) in [6.45, 7) is -5.11. The van der Waals surface area contributed by atoms with E-state index in [1.165, 1.54) is 21.1 Å². The van der Waals surface area contributed by atoms with Crippen molar-refractivity contribution in [3.05, 3.63) is 0 Å². The van der Waals surface area contributed by atoms with Gasteiger partial charge < -0.3 is 22.0 Å². The molecular weight excluding hydrogens is 127 g/mol. The Kier molecular flexibility index (Phi) is 2.11. The Morgan fingerprint density at radius 3 is 1.88 bits per heavy atom. The number of aliphatic hydroxyl groups is 1. The van der Waals surface area contributed by atoms with Crippen molar-refractivity contribution < 1.29 is 27.5 Å². The van der Waals surface area contributed by atoms with E-state index in [-0.39, 0.29) is 16.9 Å². The first kappa shape index (κ1) is 4.09. The van der Waals surface area contributed by atoms with E-state index in [4.69, 9.17) is 10.6 Å². The summed E-state index contributed by atoms with van der Waals surface area (Å²) in [5.41, 5.74) is 0. The minimum Gasteiger partial charge on any atom is -1.00 e. The maximum Gasteiger partial charge on any atom is 0.101 e. The average molecular weight is 145 g/mol.